The van der Waals surface area contributed by atoms with Crippen molar-refractivity contribution in [2.75, 3.05) is 6.54 Å². The molecule has 4 heteroatoms. The molecular weight excluding hydrogens is 274 g/mol. The van der Waals surface area contributed by atoms with E-state index in [0.717, 1.165) is 29.9 Å². The first kappa shape index (κ1) is 13.6. The van der Waals surface area contributed by atoms with E-state index in [1.165, 1.54) is 17.5 Å². The Morgan fingerprint density at radius 1 is 1.18 bits per heavy atom. The molecule has 0 N–H and O–H groups in total. The molecule has 114 valence electrons. The second-order valence-corrected chi connectivity index (χ2v) is 6.55. The largest absolute Gasteiger partial charge is 0.331 e. The topological polar surface area (TPSA) is 38.1 Å². The van der Waals surface area contributed by atoms with Crippen LogP contribution < -0.4 is 0 Å². The van der Waals surface area contributed by atoms with Gasteiger partial charge in [-0.2, -0.15) is 5.10 Å². The molecule has 1 saturated heterocycles. The number of piperidine rings is 1. The highest BCUT2D eigenvalue weighted by atomic mass is 16.2. The molecule has 1 aliphatic carbocycles. The number of fused-ring (bicyclic) bond motifs is 2. The highest BCUT2D eigenvalue weighted by molar-refractivity contribution is 5.97. The third kappa shape index (κ3) is 1.76. The van der Waals surface area contributed by atoms with Crippen molar-refractivity contribution in [2.24, 2.45) is 7.05 Å². The van der Waals surface area contributed by atoms with Crippen LogP contribution in [0.2, 0.25) is 0 Å². The van der Waals surface area contributed by atoms with Gasteiger partial charge in [0.2, 0.25) is 0 Å². The molecule has 3 heterocycles. The SMILES string of the molecule is Cc1nn(C)c(C)c1C(=O)N1C[C@H]2CC[C@H]1c1ccccc12. The summed E-state index contributed by atoms with van der Waals surface area (Å²) < 4.78 is 1.80. The predicted octanol–water partition coefficient (Wildman–Crippen LogP) is 3.11. The smallest absolute Gasteiger partial charge is 0.258 e. The van der Waals surface area contributed by atoms with Gasteiger partial charge in [0.25, 0.3) is 5.91 Å². The van der Waals surface area contributed by atoms with Gasteiger partial charge in [-0.1, -0.05) is 24.3 Å². The number of aromatic nitrogens is 2. The van der Waals surface area contributed by atoms with Gasteiger partial charge in [0.05, 0.1) is 17.3 Å². The molecule has 1 aromatic heterocycles. The average molecular weight is 295 g/mol. The molecule has 4 nitrogen and oxygen atoms in total. The number of hydrogen-bond donors (Lipinski definition) is 0. The van der Waals surface area contributed by atoms with E-state index in [9.17, 15) is 4.79 Å². The lowest BCUT2D eigenvalue weighted by atomic mass is 9.74. The van der Waals surface area contributed by atoms with E-state index < -0.39 is 0 Å². The summed E-state index contributed by atoms with van der Waals surface area (Å²) in [4.78, 5) is 15.2. The maximum atomic E-state index is 13.1. The van der Waals surface area contributed by atoms with Crippen molar-refractivity contribution in [3.8, 4) is 0 Å². The van der Waals surface area contributed by atoms with Crippen molar-refractivity contribution in [2.45, 2.75) is 38.6 Å². The van der Waals surface area contributed by atoms with Crippen LogP contribution in [0.4, 0.5) is 0 Å². The molecule has 0 radical (unpaired) electrons. The third-order valence-corrected chi connectivity index (χ3v) is 5.36. The van der Waals surface area contributed by atoms with Crippen LogP contribution in [-0.4, -0.2) is 27.1 Å². The molecular formula is C18H21N3O. The maximum Gasteiger partial charge on any atom is 0.258 e. The number of amides is 1. The van der Waals surface area contributed by atoms with E-state index in [4.69, 9.17) is 0 Å². The maximum absolute atomic E-state index is 13.1. The fourth-order valence-corrected chi connectivity index (χ4v) is 4.19. The minimum absolute atomic E-state index is 0.146. The van der Waals surface area contributed by atoms with E-state index in [-0.39, 0.29) is 11.9 Å². The summed E-state index contributed by atoms with van der Waals surface area (Å²) in [5.41, 5.74) is 5.37. The van der Waals surface area contributed by atoms with Gasteiger partial charge in [0, 0.05) is 25.2 Å². The lowest BCUT2D eigenvalue weighted by molar-refractivity contribution is 0.0539. The molecule has 0 spiro atoms. The van der Waals surface area contributed by atoms with Crippen molar-refractivity contribution >= 4 is 5.91 Å². The summed E-state index contributed by atoms with van der Waals surface area (Å²) in [7, 11) is 1.90. The number of nitrogens with zero attached hydrogens (tertiary/aromatic N) is 3. The Balaban J connectivity index is 1.75. The van der Waals surface area contributed by atoms with Crippen LogP contribution in [-0.2, 0) is 7.05 Å². The van der Waals surface area contributed by atoms with Crippen molar-refractivity contribution in [1.82, 2.24) is 14.7 Å². The highest BCUT2D eigenvalue weighted by Gasteiger charge is 2.41. The minimum Gasteiger partial charge on any atom is -0.331 e. The van der Waals surface area contributed by atoms with Gasteiger partial charge < -0.3 is 4.90 Å². The first-order chi connectivity index (χ1) is 10.6. The van der Waals surface area contributed by atoms with E-state index in [0.29, 0.717) is 5.92 Å². The molecule has 2 aromatic rings. The highest BCUT2D eigenvalue weighted by Crippen LogP contribution is 2.47. The molecule has 2 bridgehead atoms. The minimum atomic E-state index is 0.146. The molecule has 0 saturated carbocycles. The first-order valence-corrected chi connectivity index (χ1v) is 7.98. The molecule has 1 amide bonds. The zero-order valence-electron chi connectivity index (χ0n) is 13.3. The Hall–Kier alpha value is -2.10. The predicted molar refractivity (Wildman–Crippen MR) is 84.9 cm³/mol. The van der Waals surface area contributed by atoms with E-state index in [2.05, 4.69) is 34.3 Å². The molecule has 3 aliphatic rings. The van der Waals surface area contributed by atoms with Crippen molar-refractivity contribution in [1.29, 1.82) is 0 Å². The van der Waals surface area contributed by atoms with Crippen LogP contribution in [0, 0.1) is 13.8 Å². The Morgan fingerprint density at radius 3 is 2.59 bits per heavy atom. The van der Waals surface area contributed by atoms with Crippen molar-refractivity contribution in [3.05, 3.63) is 52.3 Å². The molecule has 2 atom stereocenters. The Labute approximate surface area is 130 Å². The number of hydrogen-bond acceptors (Lipinski definition) is 2. The fraction of sp³-hybridized carbons (Fsp3) is 0.444. The second-order valence-electron chi connectivity index (χ2n) is 6.55. The van der Waals surface area contributed by atoms with Crippen LogP contribution in [0.15, 0.2) is 24.3 Å². The summed E-state index contributed by atoms with van der Waals surface area (Å²) in [6.07, 6.45) is 2.27. The molecule has 0 unspecified atom stereocenters. The lowest BCUT2D eigenvalue weighted by Gasteiger charge is -2.46. The Morgan fingerprint density at radius 2 is 1.91 bits per heavy atom. The van der Waals surface area contributed by atoms with Crippen LogP contribution in [0.1, 0.15) is 57.7 Å². The quantitative estimate of drug-likeness (QED) is 0.811. The summed E-state index contributed by atoms with van der Waals surface area (Å²) in [5, 5.41) is 4.40. The molecule has 2 aliphatic heterocycles. The number of rotatable bonds is 1. The van der Waals surface area contributed by atoms with Gasteiger partial charge in [-0.05, 0) is 37.8 Å². The van der Waals surface area contributed by atoms with Gasteiger partial charge >= 0.3 is 0 Å². The second kappa shape index (κ2) is 4.70. The average Bonchev–Trinajstić information content (AvgIpc) is 2.80. The van der Waals surface area contributed by atoms with Crippen LogP contribution in [0.5, 0.6) is 0 Å². The summed E-state index contributed by atoms with van der Waals surface area (Å²) in [6.45, 7) is 4.74. The standard InChI is InChI=1S/C18H21N3O/c1-11-17(12(2)20(3)19-11)18(22)21-10-13-8-9-16(21)15-7-5-4-6-14(13)15/h4-7,13,16H,8-10H2,1-3H3/t13-,16+/m1/s1. The number of benzene rings is 1. The van der Waals surface area contributed by atoms with Gasteiger partial charge in [0.1, 0.15) is 0 Å². The third-order valence-electron chi connectivity index (χ3n) is 5.36. The molecule has 22 heavy (non-hydrogen) atoms. The summed E-state index contributed by atoms with van der Waals surface area (Å²) >= 11 is 0. The van der Waals surface area contributed by atoms with Gasteiger partial charge in [0.15, 0.2) is 0 Å². The summed E-state index contributed by atoms with van der Waals surface area (Å²) in [5.74, 6) is 0.634. The number of carbonyl (C=O) groups is 1. The summed E-state index contributed by atoms with van der Waals surface area (Å²) in [6, 6.07) is 8.85. The van der Waals surface area contributed by atoms with Crippen molar-refractivity contribution < 1.29 is 4.79 Å². The van der Waals surface area contributed by atoms with Crippen LogP contribution in [0.3, 0.4) is 0 Å². The van der Waals surface area contributed by atoms with E-state index in [1.807, 2.05) is 20.9 Å². The van der Waals surface area contributed by atoms with Gasteiger partial charge in [-0.3, -0.25) is 9.48 Å². The van der Waals surface area contributed by atoms with Gasteiger partial charge in [-0.25, -0.2) is 0 Å². The molecule has 1 aromatic carbocycles. The van der Waals surface area contributed by atoms with Crippen LogP contribution >= 0.6 is 0 Å². The van der Waals surface area contributed by atoms with Crippen LogP contribution in [0.25, 0.3) is 0 Å². The first-order valence-electron chi connectivity index (χ1n) is 7.98. The lowest BCUT2D eigenvalue weighted by Crippen LogP contribution is -2.45. The normalized spacial score (nSPS) is 22.8. The van der Waals surface area contributed by atoms with Crippen molar-refractivity contribution in [3.63, 3.8) is 0 Å². The zero-order valence-corrected chi connectivity index (χ0v) is 13.3. The Bertz CT molecular complexity index is 762. The zero-order chi connectivity index (χ0) is 15.4. The monoisotopic (exact) mass is 295 g/mol. The number of aryl methyl sites for hydroxylation is 2. The fourth-order valence-electron chi connectivity index (χ4n) is 4.19. The molecule has 1 fully saturated rings. The number of carbonyl (C=O) groups excluding carboxylic acids is 1. The van der Waals surface area contributed by atoms with E-state index in [1.54, 1.807) is 4.68 Å². The van der Waals surface area contributed by atoms with Gasteiger partial charge in [-0.15, -0.1) is 0 Å². The molecule has 5 rings (SSSR count). The Kier molecular flexibility index (Phi) is 2.90. The van der Waals surface area contributed by atoms with E-state index >= 15 is 0 Å².